The minimum Gasteiger partial charge on any atom is -0.495 e. The Morgan fingerprint density at radius 2 is 2.09 bits per heavy atom. The van der Waals surface area contributed by atoms with Crippen LogP contribution < -0.4 is 15.6 Å². The van der Waals surface area contributed by atoms with Gasteiger partial charge in [0.1, 0.15) is 5.75 Å². The first-order valence-electron chi connectivity index (χ1n) is 10.9. The second kappa shape index (κ2) is 9.71. The first-order valence-corrected chi connectivity index (χ1v) is 11.3. The summed E-state index contributed by atoms with van der Waals surface area (Å²) in [6.07, 6.45) is 2.12. The number of aromatic nitrogens is 1. The summed E-state index contributed by atoms with van der Waals surface area (Å²) in [5.74, 6) is 0.710. The van der Waals surface area contributed by atoms with E-state index in [0.29, 0.717) is 29.5 Å². The highest BCUT2D eigenvalue weighted by atomic mass is 32.1. The lowest BCUT2D eigenvalue weighted by Crippen LogP contribution is -2.40. The monoisotopic (exact) mass is 451 g/mol. The number of benzene rings is 2. The lowest BCUT2D eigenvalue weighted by atomic mass is 10.0. The molecule has 6 nitrogen and oxygen atoms in total. The largest absolute Gasteiger partial charge is 0.495 e. The molecule has 32 heavy (non-hydrogen) atoms. The van der Waals surface area contributed by atoms with Crippen molar-refractivity contribution in [3.63, 3.8) is 0 Å². The number of hydrogen-bond acceptors (Lipinski definition) is 4. The van der Waals surface area contributed by atoms with Crippen molar-refractivity contribution in [1.29, 1.82) is 0 Å². The number of fused-ring (bicyclic) bond motifs is 1. The Bertz CT molecular complexity index is 1180. The third kappa shape index (κ3) is 4.79. The van der Waals surface area contributed by atoms with Gasteiger partial charge in [-0.15, -0.1) is 0 Å². The molecule has 0 spiro atoms. The molecule has 168 valence electrons. The highest BCUT2D eigenvalue weighted by Crippen LogP contribution is 2.25. The van der Waals surface area contributed by atoms with Crippen molar-refractivity contribution in [2.75, 3.05) is 25.6 Å². The van der Waals surface area contributed by atoms with Gasteiger partial charge in [0.2, 0.25) is 0 Å². The molecule has 2 N–H and O–H groups in total. The lowest BCUT2D eigenvalue weighted by Gasteiger charge is -2.28. The molecule has 1 aliphatic rings. The van der Waals surface area contributed by atoms with Crippen LogP contribution in [0.3, 0.4) is 0 Å². The molecule has 0 saturated carbocycles. The smallest absolute Gasteiger partial charge is 0.253 e. The molecule has 7 heteroatoms. The number of aromatic amines is 1. The van der Waals surface area contributed by atoms with E-state index in [2.05, 4.69) is 16.4 Å². The molecule has 0 aliphatic carbocycles. The zero-order chi connectivity index (χ0) is 22.7. The van der Waals surface area contributed by atoms with E-state index in [1.165, 1.54) is 0 Å². The number of para-hydroxylation sites is 2. The SMILES string of the molecule is COc1ccccc1NC(=S)N(Cc1cc2ccc(C)c(C)c2[nH]c1=O)C[C@@H]1CCCO1. The van der Waals surface area contributed by atoms with Crippen LogP contribution in [0.25, 0.3) is 10.9 Å². The maximum atomic E-state index is 13.0. The molecule has 1 fully saturated rings. The number of anilines is 1. The van der Waals surface area contributed by atoms with E-state index in [-0.39, 0.29) is 11.7 Å². The van der Waals surface area contributed by atoms with Crippen LogP contribution in [0.5, 0.6) is 5.75 Å². The van der Waals surface area contributed by atoms with Gasteiger partial charge in [0.15, 0.2) is 5.11 Å². The molecule has 1 aromatic heterocycles. The number of rotatable bonds is 6. The van der Waals surface area contributed by atoms with E-state index in [9.17, 15) is 4.79 Å². The number of pyridine rings is 1. The Hall–Kier alpha value is -2.90. The zero-order valence-electron chi connectivity index (χ0n) is 18.7. The van der Waals surface area contributed by atoms with E-state index < -0.39 is 0 Å². The Balaban J connectivity index is 1.63. The van der Waals surface area contributed by atoms with Gasteiger partial charge in [-0.1, -0.05) is 24.3 Å². The van der Waals surface area contributed by atoms with Gasteiger partial charge in [-0.05, 0) is 73.6 Å². The number of ether oxygens (including phenoxy) is 2. The Kier molecular flexibility index (Phi) is 6.77. The summed E-state index contributed by atoms with van der Waals surface area (Å²) in [7, 11) is 1.63. The second-order valence-corrected chi connectivity index (χ2v) is 8.63. The van der Waals surface area contributed by atoms with Crippen molar-refractivity contribution in [2.45, 2.75) is 39.3 Å². The first-order chi connectivity index (χ1) is 15.5. The summed E-state index contributed by atoms with van der Waals surface area (Å²) in [6.45, 7) is 5.85. The predicted molar refractivity (Wildman–Crippen MR) is 133 cm³/mol. The molecule has 3 aromatic rings. The van der Waals surface area contributed by atoms with Gasteiger partial charge in [0.05, 0.1) is 31.0 Å². The summed E-state index contributed by atoms with van der Waals surface area (Å²) in [4.78, 5) is 18.0. The molecule has 1 atom stereocenters. The summed E-state index contributed by atoms with van der Waals surface area (Å²) in [6, 6.07) is 13.7. The number of nitrogens with zero attached hydrogens (tertiary/aromatic N) is 1. The highest BCUT2D eigenvalue weighted by Gasteiger charge is 2.23. The Morgan fingerprint density at radius 1 is 1.28 bits per heavy atom. The maximum absolute atomic E-state index is 13.0. The molecule has 0 bridgehead atoms. The maximum Gasteiger partial charge on any atom is 0.253 e. The molecule has 0 unspecified atom stereocenters. The number of hydrogen-bond donors (Lipinski definition) is 2. The van der Waals surface area contributed by atoms with Crippen LogP contribution in [0.15, 0.2) is 47.3 Å². The fourth-order valence-corrected chi connectivity index (χ4v) is 4.34. The number of thiocarbonyl (C=S) groups is 1. The molecule has 4 rings (SSSR count). The van der Waals surface area contributed by atoms with Gasteiger partial charge in [0.25, 0.3) is 5.56 Å². The fraction of sp³-hybridized carbons (Fsp3) is 0.360. The standard InChI is InChI=1S/C25H29N3O3S/c1-16-10-11-18-13-19(24(29)27-23(18)17(16)2)14-28(15-20-7-6-12-31-20)25(32)26-21-8-4-5-9-22(21)30-3/h4-5,8-11,13,20H,6-7,12,14-15H2,1-3H3,(H,26,32)(H,27,29)/t20-/m0/s1. The van der Waals surface area contributed by atoms with Crippen LogP contribution in [0.1, 0.15) is 29.5 Å². The summed E-state index contributed by atoms with van der Waals surface area (Å²) in [5, 5.41) is 4.84. The molecule has 1 saturated heterocycles. The third-order valence-electron chi connectivity index (χ3n) is 6.07. The second-order valence-electron chi connectivity index (χ2n) is 8.24. The third-order valence-corrected chi connectivity index (χ3v) is 6.43. The van der Waals surface area contributed by atoms with Gasteiger partial charge < -0.3 is 24.7 Å². The molecule has 0 radical (unpaired) electrons. The normalized spacial score (nSPS) is 15.7. The van der Waals surface area contributed by atoms with E-state index >= 15 is 0 Å². The first kappa shape index (κ1) is 22.3. The van der Waals surface area contributed by atoms with Crippen LogP contribution in [-0.4, -0.2) is 41.4 Å². The fourth-order valence-electron chi connectivity index (χ4n) is 4.09. The number of H-pyrrole nitrogens is 1. The summed E-state index contributed by atoms with van der Waals surface area (Å²) < 4.78 is 11.3. The van der Waals surface area contributed by atoms with Crippen molar-refractivity contribution in [3.05, 3.63) is 69.5 Å². The molecular weight excluding hydrogens is 422 g/mol. The van der Waals surface area contributed by atoms with Crippen molar-refractivity contribution in [3.8, 4) is 5.75 Å². The van der Waals surface area contributed by atoms with Crippen LogP contribution in [0.2, 0.25) is 0 Å². The molecule has 0 amide bonds. The molecule has 2 aromatic carbocycles. The number of nitrogens with one attached hydrogen (secondary N) is 2. The number of methoxy groups -OCH3 is 1. The Labute approximate surface area is 193 Å². The van der Waals surface area contributed by atoms with Crippen molar-refractivity contribution in [1.82, 2.24) is 9.88 Å². The predicted octanol–water partition coefficient (Wildman–Crippen LogP) is 4.53. The highest BCUT2D eigenvalue weighted by molar-refractivity contribution is 7.80. The van der Waals surface area contributed by atoms with E-state index in [1.54, 1.807) is 7.11 Å². The number of aryl methyl sites for hydroxylation is 2. The zero-order valence-corrected chi connectivity index (χ0v) is 19.6. The van der Waals surface area contributed by atoms with Gasteiger partial charge in [-0.25, -0.2) is 0 Å². The van der Waals surface area contributed by atoms with Gasteiger partial charge >= 0.3 is 0 Å². The van der Waals surface area contributed by atoms with E-state index in [1.807, 2.05) is 55.1 Å². The molecule has 1 aliphatic heterocycles. The van der Waals surface area contributed by atoms with Crippen LogP contribution in [-0.2, 0) is 11.3 Å². The summed E-state index contributed by atoms with van der Waals surface area (Å²) in [5.41, 5.74) is 4.50. The van der Waals surface area contributed by atoms with Gasteiger partial charge in [-0.2, -0.15) is 0 Å². The van der Waals surface area contributed by atoms with E-state index in [0.717, 1.165) is 47.2 Å². The molecular formula is C25H29N3O3S. The Morgan fingerprint density at radius 3 is 2.84 bits per heavy atom. The van der Waals surface area contributed by atoms with Crippen LogP contribution in [0.4, 0.5) is 5.69 Å². The minimum atomic E-state index is -0.0939. The lowest BCUT2D eigenvalue weighted by molar-refractivity contribution is 0.0904. The van der Waals surface area contributed by atoms with Crippen molar-refractivity contribution >= 4 is 33.9 Å². The topological polar surface area (TPSA) is 66.6 Å². The molecule has 2 heterocycles. The van der Waals surface area contributed by atoms with Gasteiger partial charge in [-0.3, -0.25) is 4.79 Å². The van der Waals surface area contributed by atoms with E-state index in [4.69, 9.17) is 21.7 Å². The van der Waals surface area contributed by atoms with Crippen LogP contribution in [0, 0.1) is 13.8 Å². The van der Waals surface area contributed by atoms with Crippen LogP contribution >= 0.6 is 12.2 Å². The summed E-state index contributed by atoms with van der Waals surface area (Å²) >= 11 is 5.77. The van der Waals surface area contributed by atoms with Gasteiger partial charge in [0, 0.05) is 18.7 Å². The average Bonchev–Trinajstić information content (AvgIpc) is 3.30. The van der Waals surface area contributed by atoms with Crippen molar-refractivity contribution in [2.24, 2.45) is 0 Å². The average molecular weight is 452 g/mol. The minimum absolute atomic E-state index is 0.0939. The van der Waals surface area contributed by atoms with Crippen molar-refractivity contribution < 1.29 is 9.47 Å². The quantitative estimate of drug-likeness (QED) is 0.537.